The Morgan fingerprint density at radius 1 is 0.865 bits per heavy atom. The molecule has 7 heteroatoms. The van der Waals surface area contributed by atoms with E-state index in [2.05, 4.69) is 4.98 Å². The molecule has 1 aromatic heterocycles. The van der Waals surface area contributed by atoms with E-state index in [0.717, 1.165) is 16.3 Å². The highest BCUT2D eigenvalue weighted by molar-refractivity contribution is 6.44. The first-order valence-corrected chi connectivity index (χ1v) is 11.9. The van der Waals surface area contributed by atoms with Crippen molar-refractivity contribution in [1.82, 2.24) is 9.88 Å². The first-order valence-electron chi connectivity index (χ1n) is 11.9. The van der Waals surface area contributed by atoms with Crippen molar-refractivity contribution in [2.45, 2.75) is 12.5 Å². The van der Waals surface area contributed by atoms with Crippen LogP contribution in [0.2, 0.25) is 0 Å². The maximum absolute atomic E-state index is 13.5. The minimum absolute atomic E-state index is 0.252. The number of pyridine rings is 1. The van der Waals surface area contributed by atoms with Gasteiger partial charge in [-0.1, -0.05) is 54.6 Å². The summed E-state index contributed by atoms with van der Waals surface area (Å²) >= 11 is 0. The van der Waals surface area contributed by atoms with Gasteiger partial charge in [-0.05, 0) is 52.6 Å². The SMILES string of the molecule is COC(=O)c1ccc(C2C(C(=O)c3ccncc3)C(=O)C(=O)N2CCc2cccc3ccccc23)cc1. The van der Waals surface area contributed by atoms with E-state index >= 15 is 0 Å². The fourth-order valence-corrected chi connectivity index (χ4v) is 4.98. The highest BCUT2D eigenvalue weighted by Gasteiger charge is 2.51. The van der Waals surface area contributed by atoms with Crippen LogP contribution in [0.5, 0.6) is 0 Å². The standard InChI is InChI=1S/C30H24N2O5/c1-37-30(36)23-11-9-21(10-12-23)26-25(27(33)22-13-16-31-17-14-22)28(34)29(35)32(26)18-15-20-7-4-6-19-5-2-3-8-24(19)20/h2-14,16-17,25-26H,15,18H2,1H3. The van der Waals surface area contributed by atoms with Crippen LogP contribution < -0.4 is 0 Å². The van der Waals surface area contributed by atoms with Gasteiger partial charge in [0.15, 0.2) is 5.78 Å². The van der Waals surface area contributed by atoms with Crippen LogP contribution in [-0.2, 0) is 20.7 Å². The molecule has 37 heavy (non-hydrogen) atoms. The number of likely N-dealkylation sites (tertiary alicyclic amines) is 1. The minimum atomic E-state index is -1.20. The third-order valence-corrected chi connectivity index (χ3v) is 6.83. The largest absolute Gasteiger partial charge is 0.465 e. The van der Waals surface area contributed by atoms with Crippen LogP contribution in [0.4, 0.5) is 0 Å². The van der Waals surface area contributed by atoms with Gasteiger partial charge in [0.25, 0.3) is 5.91 Å². The second-order valence-corrected chi connectivity index (χ2v) is 8.89. The van der Waals surface area contributed by atoms with E-state index in [1.807, 2.05) is 42.5 Å². The molecule has 4 aromatic rings. The lowest BCUT2D eigenvalue weighted by molar-refractivity contribution is -0.140. The molecule has 1 aliphatic heterocycles. The zero-order valence-electron chi connectivity index (χ0n) is 20.2. The number of hydrogen-bond acceptors (Lipinski definition) is 6. The molecule has 0 aliphatic carbocycles. The number of ketones is 2. The Morgan fingerprint density at radius 2 is 1.57 bits per heavy atom. The van der Waals surface area contributed by atoms with Crippen molar-refractivity contribution >= 4 is 34.2 Å². The van der Waals surface area contributed by atoms with Gasteiger partial charge in [-0.25, -0.2) is 4.79 Å². The van der Waals surface area contributed by atoms with Crippen molar-refractivity contribution < 1.29 is 23.9 Å². The summed E-state index contributed by atoms with van der Waals surface area (Å²) in [5.41, 5.74) is 2.29. The topological polar surface area (TPSA) is 93.6 Å². The summed E-state index contributed by atoms with van der Waals surface area (Å²) in [7, 11) is 1.29. The van der Waals surface area contributed by atoms with Crippen molar-refractivity contribution in [2.75, 3.05) is 13.7 Å². The molecule has 5 rings (SSSR count). The predicted octanol–water partition coefficient (Wildman–Crippen LogP) is 4.22. The third-order valence-electron chi connectivity index (χ3n) is 6.83. The van der Waals surface area contributed by atoms with Crippen LogP contribution in [0.25, 0.3) is 10.8 Å². The number of fused-ring (bicyclic) bond motifs is 1. The van der Waals surface area contributed by atoms with Crippen molar-refractivity contribution in [2.24, 2.45) is 5.92 Å². The van der Waals surface area contributed by atoms with E-state index < -0.39 is 35.4 Å². The smallest absolute Gasteiger partial charge is 0.337 e. The van der Waals surface area contributed by atoms with Gasteiger partial charge in [0.2, 0.25) is 5.78 Å². The van der Waals surface area contributed by atoms with E-state index in [1.54, 1.807) is 24.3 Å². The molecule has 0 saturated carbocycles. The van der Waals surface area contributed by atoms with Crippen LogP contribution in [-0.4, -0.2) is 47.0 Å². The Labute approximate surface area is 213 Å². The summed E-state index contributed by atoms with van der Waals surface area (Å²) in [6, 6.07) is 22.7. The Bertz CT molecular complexity index is 1490. The molecule has 0 bridgehead atoms. The predicted molar refractivity (Wildman–Crippen MR) is 137 cm³/mol. The summed E-state index contributed by atoms with van der Waals surface area (Å²) in [4.78, 5) is 57.4. The maximum Gasteiger partial charge on any atom is 0.337 e. The van der Waals surface area contributed by atoms with E-state index in [-0.39, 0.29) is 6.54 Å². The van der Waals surface area contributed by atoms with Gasteiger partial charge in [0.05, 0.1) is 18.7 Å². The van der Waals surface area contributed by atoms with Gasteiger partial charge in [0, 0.05) is 24.5 Å². The summed E-state index contributed by atoms with van der Waals surface area (Å²) in [6.07, 6.45) is 3.47. The molecule has 2 heterocycles. The van der Waals surface area contributed by atoms with Gasteiger partial charge in [-0.15, -0.1) is 0 Å². The summed E-state index contributed by atoms with van der Waals surface area (Å²) in [6.45, 7) is 0.252. The summed E-state index contributed by atoms with van der Waals surface area (Å²) in [5, 5.41) is 2.16. The number of Topliss-reactive ketones (excluding diaryl/α,β-unsaturated/α-hetero) is 2. The molecule has 1 amide bonds. The van der Waals surface area contributed by atoms with Crippen LogP contribution in [0.3, 0.4) is 0 Å². The highest BCUT2D eigenvalue weighted by Crippen LogP contribution is 2.38. The molecule has 2 atom stereocenters. The fraction of sp³-hybridized carbons (Fsp3) is 0.167. The lowest BCUT2D eigenvalue weighted by atomic mass is 9.86. The first kappa shape index (κ1) is 24.1. The second-order valence-electron chi connectivity index (χ2n) is 8.89. The Kier molecular flexibility index (Phi) is 6.60. The van der Waals surface area contributed by atoms with Crippen molar-refractivity contribution in [3.63, 3.8) is 0 Å². The monoisotopic (exact) mass is 492 g/mol. The molecule has 184 valence electrons. The number of hydrogen-bond donors (Lipinski definition) is 0. The molecule has 7 nitrogen and oxygen atoms in total. The van der Waals surface area contributed by atoms with Gasteiger partial charge in [-0.2, -0.15) is 0 Å². The first-order chi connectivity index (χ1) is 18.0. The minimum Gasteiger partial charge on any atom is -0.465 e. The number of ether oxygens (including phenoxy) is 1. The van der Waals surface area contributed by atoms with Gasteiger partial charge in [0.1, 0.15) is 5.92 Å². The summed E-state index contributed by atoms with van der Waals surface area (Å²) in [5.74, 6) is -3.55. The van der Waals surface area contributed by atoms with Gasteiger partial charge >= 0.3 is 5.97 Å². The molecule has 1 aliphatic rings. The molecule has 0 radical (unpaired) electrons. The number of esters is 1. The Balaban J connectivity index is 1.52. The average molecular weight is 493 g/mol. The number of benzene rings is 3. The molecule has 1 fully saturated rings. The number of nitrogens with zero attached hydrogens (tertiary/aromatic N) is 2. The van der Waals surface area contributed by atoms with Crippen molar-refractivity contribution in [1.29, 1.82) is 0 Å². The number of methoxy groups -OCH3 is 1. The fourth-order valence-electron chi connectivity index (χ4n) is 4.98. The van der Waals surface area contributed by atoms with E-state index in [1.165, 1.54) is 36.5 Å². The molecule has 1 saturated heterocycles. The second kappa shape index (κ2) is 10.1. The Hall–Kier alpha value is -4.65. The average Bonchev–Trinajstić information content (AvgIpc) is 3.20. The van der Waals surface area contributed by atoms with Crippen LogP contribution >= 0.6 is 0 Å². The number of amides is 1. The zero-order chi connectivity index (χ0) is 25.9. The van der Waals surface area contributed by atoms with Gasteiger partial charge < -0.3 is 9.64 Å². The number of rotatable bonds is 7. The van der Waals surface area contributed by atoms with Crippen molar-refractivity contribution in [3.05, 3.63) is 114 Å². The normalized spacial score (nSPS) is 17.3. The summed E-state index contributed by atoms with van der Waals surface area (Å²) < 4.78 is 4.78. The molecule has 3 aromatic carbocycles. The lowest BCUT2D eigenvalue weighted by Gasteiger charge is -2.27. The number of carbonyl (C=O) groups is 4. The quantitative estimate of drug-likeness (QED) is 0.166. The van der Waals surface area contributed by atoms with Crippen molar-refractivity contribution in [3.8, 4) is 0 Å². The molecule has 2 unspecified atom stereocenters. The number of carbonyl (C=O) groups excluding carboxylic acids is 4. The zero-order valence-corrected chi connectivity index (χ0v) is 20.2. The van der Waals surface area contributed by atoms with Crippen LogP contribution in [0, 0.1) is 5.92 Å². The molecule has 0 spiro atoms. The van der Waals surface area contributed by atoms with Gasteiger partial charge in [-0.3, -0.25) is 19.4 Å². The Morgan fingerprint density at radius 3 is 2.30 bits per heavy atom. The van der Waals surface area contributed by atoms with Crippen LogP contribution in [0.15, 0.2) is 91.3 Å². The van der Waals surface area contributed by atoms with E-state index in [0.29, 0.717) is 23.1 Å². The van der Waals surface area contributed by atoms with E-state index in [4.69, 9.17) is 4.74 Å². The highest BCUT2D eigenvalue weighted by atomic mass is 16.5. The maximum atomic E-state index is 13.5. The molecule has 0 N–H and O–H groups in total. The van der Waals surface area contributed by atoms with E-state index in [9.17, 15) is 19.2 Å². The molecular formula is C30H24N2O5. The van der Waals surface area contributed by atoms with Crippen LogP contribution in [0.1, 0.15) is 37.9 Å². The third kappa shape index (κ3) is 4.51. The lowest BCUT2D eigenvalue weighted by Crippen LogP contribution is -2.32. The number of aromatic nitrogens is 1. The molecular weight excluding hydrogens is 468 g/mol.